The zero-order valence-corrected chi connectivity index (χ0v) is 24.4. The fourth-order valence-electron chi connectivity index (χ4n) is 3.87. The van der Waals surface area contributed by atoms with Gasteiger partial charge in [0, 0.05) is 49.9 Å². The van der Waals surface area contributed by atoms with Crippen molar-refractivity contribution in [1.82, 2.24) is 30.1 Å². The molecule has 0 aliphatic carbocycles. The Hall–Kier alpha value is -3.85. The van der Waals surface area contributed by atoms with Crippen LogP contribution in [0.15, 0.2) is 66.9 Å². The molecule has 0 aromatic carbocycles. The fourth-order valence-corrected chi connectivity index (χ4v) is 3.87. The van der Waals surface area contributed by atoms with Gasteiger partial charge < -0.3 is 30.2 Å². The summed E-state index contributed by atoms with van der Waals surface area (Å²) in [7, 11) is 7.67. The average Bonchev–Trinajstić information content (AvgIpc) is 3.39. The summed E-state index contributed by atoms with van der Waals surface area (Å²) >= 11 is 0. The quantitative estimate of drug-likeness (QED) is 0.0855. The van der Waals surface area contributed by atoms with Crippen LogP contribution >= 0.6 is 0 Å². The van der Waals surface area contributed by atoms with Crippen molar-refractivity contribution in [2.75, 3.05) is 53.2 Å². The number of aromatic amines is 1. The summed E-state index contributed by atoms with van der Waals surface area (Å²) in [5.41, 5.74) is 4.40. The van der Waals surface area contributed by atoms with Crippen LogP contribution in [0.5, 0.6) is 0 Å². The number of carbonyl (C=O) groups is 1. The molecule has 0 radical (unpaired) electrons. The van der Waals surface area contributed by atoms with Gasteiger partial charge in [0.05, 0.1) is 25.0 Å². The highest BCUT2D eigenvalue weighted by Crippen LogP contribution is 2.25. The van der Waals surface area contributed by atoms with Gasteiger partial charge >= 0.3 is 0 Å². The van der Waals surface area contributed by atoms with Gasteiger partial charge in [0.2, 0.25) is 11.9 Å². The summed E-state index contributed by atoms with van der Waals surface area (Å²) in [6, 6.07) is 2.00. The Morgan fingerprint density at radius 3 is 2.62 bits per heavy atom. The van der Waals surface area contributed by atoms with Crippen molar-refractivity contribution in [3.8, 4) is 0 Å². The lowest BCUT2D eigenvalue weighted by Crippen LogP contribution is -2.34. The molecular weight excluding hydrogens is 490 g/mol. The standard InChI is InChI=1S/C30H45N7O2/c1-9-12-13-15-22(4)28-24-16-17-31-29(24)35-30(34-28)33-25(14-10-2)26(39-8)20-23(21-32-27(38)11-3)37(7)19-18-36(5)6/h10-11,15-17,20H,2-3,9,12-14,18-19,21H2,1,4-8H3,(H,32,38)(H2,31,33,34,35)/b22-15+,23-20+,26-25-. The number of methoxy groups -OCH3 is 1. The van der Waals surface area contributed by atoms with Crippen LogP contribution in [-0.2, 0) is 9.53 Å². The number of hydrogen-bond donors (Lipinski definition) is 3. The normalized spacial score (nSPS) is 12.8. The van der Waals surface area contributed by atoms with E-state index in [1.165, 1.54) is 6.08 Å². The van der Waals surface area contributed by atoms with Gasteiger partial charge in [0.25, 0.3) is 0 Å². The van der Waals surface area contributed by atoms with Crippen molar-refractivity contribution in [1.29, 1.82) is 0 Å². The van der Waals surface area contributed by atoms with Crippen LogP contribution in [0.25, 0.3) is 16.6 Å². The third kappa shape index (κ3) is 9.76. The second-order valence-corrected chi connectivity index (χ2v) is 9.61. The van der Waals surface area contributed by atoms with Crippen molar-refractivity contribution in [2.24, 2.45) is 0 Å². The van der Waals surface area contributed by atoms with E-state index in [4.69, 9.17) is 14.7 Å². The number of unbranched alkanes of at least 4 members (excludes halogenated alkanes) is 2. The van der Waals surface area contributed by atoms with E-state index in [0.717, 1.165) is 66.0 Å². The monoisotopic (exact) mass is 535 g/mol. The van der Waals surface area contributed by atoms with Gasteiger partial charge in [-0.2, -0.15) is 4.98 Å². The molecule has 1 amide bonds. The summed E-state index contributed by atoms with van der Waals surface area (Å²) in [4.78, 5) is 28.9. The number of rotatable bonds is 17. The molecule has 0 bridgehead atoms. The van der Waals surface area contributed by atoms with Crippen LogP contribution in [0, 0.1) is 0 Å². The van der Waals surface area contributed by atoms with Crippen LogP contribution in [0.1, 0.15) is 45.2 Å². The average molecular weight is 536 g/mol. The Morgan fingerprint density at radius 2 is 1.97 bits per heavy atom. The molecule has 9 nitrogen and oxygen atoms in total. The first-order valence-electron chi connectivity index (χ1n) is 13.4. The van der Waals surface area contributed by atoms with Gasteiger partial charge in [0.1, 0.15) is 11.4 Å². The molecule has 2 rings (SSSR count). The largest absolute Gasteiger partial charge is 0.495 e. The van der Waals surface area contributed by atoms with E-state index in [-0.39, 0.29) is 5.91 Å². The number of nitrogens with zero attached hydrogens (tertiary/aromatic N) is 4. The first-order chi connectivity index (χ1) is 18.7. The number of aromatic nitrogens is 3. The van der Waals surface area contributed by atoms with Crippen LogP contribution in [-0.4, -0.2) is 78.5 Å². The van der Waals surface area contributed by atoms with E-state index in [1.54, 1.807) is 13.2 Å². The summed E-state index contributed by atoms with van der Waals surface area (Å²) in [6.07, 6.45) is 12.9. The highest BCUT2D eigenvalue weighted by atomic mass is 16.5. The predicted octanol–water partition coefficient (Wildman–Crippen LogP) is 5.08. The molecule has 3 N–H and O–H groups in total. The first kappa shape index (κ1) is 31.4. The van der Waals surface area contributed by atoms with E-state index < -0.39 is 0 Å². The molecular formula is C30H45N7O2. The van der Waals surface area contributed by atoms with Crippen LogP contribution in [0.3, 0.4) is 0 Å². The van der Waals surface area contributed by atoms with E-state index in [9.17, 15) is 4.79 Å². The lowest BCUT2D eigenvalue weighted by Gasteiger charge is -2.25. The SMILES string of the molecule is C=CC/C(Nc1nc(/C(C)=C/CCCC)c2cc[nH]c2n1)=C(\C=C(/CNC(=O)C=C)N(C)CCN(C)C)OC. The van der Waals surface area contributed by atoms with Crippen molar-refractivity contribution in [2.45, 2.75) is 39.5 Å². The van der Waals surface area contributed by atoms with Crippen LogP contribution in [0.2, 0.25) is 0 Å². The highest BCUT2D eigenvalue weighted by molar-refractivity contribution is 5.88. The number of allylic oxidation sites excluding steroid dienone is 4. The zero-order valence-electron chi connectivity index (χ0n) is 24.4. The minimum atomic E-state index is -0.239. The second-order valence-electron chi connectivity index (χ2n) is 9.61. The van der Waals surface area contributed by atoms with Gasteiger partial charge in [-0.1, -0.05) is 38.5 Å². The Kier molecular flexibility index (Phi) is 13.0. The van der Waals surface area contributed by atoms with Gasteiger partial charge in [-0.25, -0.2) is 4.98 Å². The molecule has 0 unspecified atom stereocenters. The van der Waals surface area contributed by atoms with E-state index >= 15 is 0 Å². The molecule has 39 heavy (non-hydrogen) atoms. The lowest BCUT2D eigenvalue weighted by atomic mass is 10.1. The van der Waals surface area contributed by atoms with Gasteiger partial charge in [0.15, 0.2) is 0 Å². The molecule has 9 heteroatoms. The molecule has 2 aromatic rings. The third-order valence-corrected chi connectivity index (χ3v) is 6.23. The van der Waals surface area contributed by atoms with Crippen molar-refractivity contribution in [3.63, 3.8) is 0 Å². The number of H-pyrrole nitrogens is 1. The molecule has 0 aliphatic heterocycles. The Bertz CT molecular complexity index is 1210. The van der Waals surface area contributed by atoms with Crippen molar-refractivity contribution < 1.29 is 9.53 Å². The maximum atomic E-state index is 11.9. The summed E-state index contributed by atoms with van der Waals surface area (Å²) in [5.74, 6) is 0.823. The molecule has 0 atom stereocenters. The number of anilines is 1. The third-order valence-electron chi connectivity index (χ3n) is 6.23. The number of ether oxygens (including phenoxy) is 1. The Labute approximate surface area is 233 Å². The van der Waals surface area contributed by atoms with E-state index in [0.29, 0.717) is 24.7 Å². The van der Waals surface area contributed by atoms with Crippen molar-refractivity contribution in [3.05, 3.63) is 72.6 Å². The summed E-state index contributed by atoms with van der Waals surface area (Å²) in [5, 5.41) is 7.24. The number of fused-ring (bicyclic) bond motifs is 1. The maximum Gasteiger partial charge on any atom is 0.243 e. The molecule has 0 spiro atoms. The fraction of sp³-hybridized carbons (Fsp3) is 0.433. The number of amides is 1. The topological polar surface area (TPSA) is 98.4 Å². The molecule has 2 aromatic heterocycles. The first-order valence-corrected chi connectivity index (χ1v) is 13.4. The Morgan fingerprint density at radius 1 is 1.21 bits per heavy atom. The molecule has 0 aliphatic rings. The maximum absolute atomic E-state index is 11.9. The predicted molar refractivity (Wildman–Crippen MR) is 162 cm³/mol. The number of likely N-dealkylation sites (N-methyl/N-ethyl adjacent to an activating group) is 2. The van der Waals surface area contributed by atoms with Crippen LogP contribution < -0.4 is 10.6 Å². The minimum Gasteiger partial charge on any atom is -0.495 e. The molecule has 0 fully saturated rings. The number of nitrogens with one attached hydrogen (secondary N) is 3. The van der Waals surface area contributed by atoms with Crippen LogP contribution in [0.4, 0.5) is 5.95 Å². The smallest absolute Gasteiger partial charge is 0.243 e. The van der Waals surface area contributed by atoms with Gasteiger partial charge in [-0.05, 0) is 45.2 Å². The molecule has 0 saturated heterocycles. The lowest BCUT2D eigenvalue weighted by molar-refractivity contribution is -0.116. The molecule has 0 saturated carbocycles. The number of carbonyl (C=O) groups excluding carboxylic acids is 1. The van der Waals surface area contributed by atoms with E-state index in [2.05, 4.69) is 58.5 Å². The molecule has 2 heterocycles. The number of hydrogen-bond acceptors (Lipinski definition) is 7. The summed E-state index contributed by atoms with van der Waals surface area (Å²) < 4.78 is 5.84. The zero-order chi connectivity index (χ0) is 28.8. The van der Waals surface area contributed by atoms with E-state index in [1.807, 2.05) is 39.5 Å². The second kappa shape index (κ2) is 16.2. The highest BCUT2D eigenvalue weighted by Gasteiger charge is 2.15. The van der Waals surface area contributed by atoms with Gasteiger partial charge in [-0.15, -0.1) is 6.58 Å². The van der Waals surface area contributed by atoms with Gasteiger partial charge in [-0.3, -0.25) is 4.79 Å². The van der Waals surface area contributed by atoms with Crippen molar-refractivity contribution >= 4 is 28.5 Å². The Balaban J connectivity index is 2.52. The minimum absolute atomic E-state index is 0.239. The molecule has 212 valence electrons. The summed E-state index contributed by atoms with van der Waals surface area (Å²) in [6.45, 7) is 13.7.